The molecule has 2 fully saturated rings. The molecule has 0 N–H and O–H groups in total. The van der Waals surface area contributed by atoms with Gasteiger partial charge in [0, 0.05) is 6.07 Å². The maximum atomic E-state index is 8.80. The quantitative estimate of drug-likeness (QED) is 0.797. The molecule has 2 aliphatic carbocycles. The van der Waals surface area contributed by atoms with Crippen LogP contribution in [0.4, 0.5) is 0 Å². The van der Waals surface area contributed by atoms with Crippen LogP contribution in [0.2, 0.25) is 5.02 Å². The van der Waals surface area contributed by atoms with E-state index in [0.29, 0.717) is 16.7 Å². The van der Waals surface area contributed by atoms with Crippen LogP contribution in [0.15, 0.2) is 18.2 Å². The lowest BCUT2D eigenvalue weighted by molar-refractivity contribution is 0.138. The molecule has 0 heterocycles. The molecule has 2 saturated carbocycles. The molecule has 0 amide bonds. The largest absolute Gasteiger partial charge is 0.490 e. The van der Waals surface area contributed by atoms with Gasteiger partial charge in [-0.3, -0.25) is 0 Å². The molecule has 0 spiro atoms. The van der Waals surface area contributed by atoms with Crippen LogP contribution in [-0.2, 0) is 0 Å². The number of hydrogen-bond donors (Lipinski definition) is 0. The molecule has 0 saturated heterocycles. The highest BCUT2D eigenvalue weighted by atomic mass is 35.5. The fourth-order valence-corrected chi connectivity index (χ4v) is 3.38. The predicted molar refractivity (Wildman–Crippen MR) is 66.0 cm³/mol. The van der Waals surface area contributed by atoms with Crippen LogP contribution >= 0.6 is 11.6 Å². The van der Waals surface area contributed by atoms with Gasteiger partial charge >= 0.3 is 0 Å². The van der Waals surface area contributed by atoms with Crippen molar-refractivity contribution >= 4 is 11.6 Å². The van der Waals surface area contributed by atoms with Gasteiger partial charge < -0.3 is 4.74 Å². The third-order valence-electron chi connectivity index (χ3n) is 4.02. The van der Waals surface area contributed by atoms with Crippen molar-refractivity contribution in [1.82, 2.24) is 0 Å². The zero-order valence-electron chi connectivity index (χ0n) is 9.53. The van der Waals surface area contributed by atoms with Crippen molar-refractivity contribution in [1.29, 1.82) is 5.26 Å². The van der Waals surface area contributed by atoms with E-state index in [-0.39, 0.29) is 0 Å². The van der Waals surface area contributed by atoms with Crippen LogP contribution in [0.5, 0.6) is 5.75 Å². The monoisotopic (exact) mass is 247 g/mol. The van der Waals surface area contributed by atoms with Crippen molar-refractivity contribution in [3.8, 4) is 11.8 Å². The Bertz CT molecular complexity index is 480. The number of hydrogen-bond acceptors (Lipinski definition) is 2. The molecule has 1 aromatic rings. The van der Waals surface area contributed by atoms with E-state index in [1.54, 1.807) is 12.1 Å². The molecule has 1 aromatic carbocycles. The second kappa shape index (κ2) is 4.23. The highest BCUT2D eigenvalue weighted by Gasteiger charge is 2.40. The van der Waals surface area contributed by atoms with Gasteiger partial charge in [-0.2, -0.15) is 5.26 Å². The minimum Gasteiger partial charge on any atom is -0.490 e. The van der Waals surface area contributed by atoms with E-state index in [2.05, 4.69) is 6.07 Å². The summed E-state index contributed by atoms with van der Waals surface area (Å²) in [4.78, 5) is 0. The summed E-state index contributed by atoms with van der Waals surface area (Å²) in [6.07, 6.45) is 5.55. The number of rotatable bonds is 2. The first-order valence-corrected chi connectivity index (χ1v) is 6.50. The first-order valence-electron chi connectivity index (χ1n) is 6.12. The molecule has 3 rings (SSSR count). The summed E-state index contributed by atoms with van der Waals surface area (Å²) in [5.74, 6) is 2.40. The summed E-state index contributed by atoms with van der Waals surface area (Å²) in [7, 11) is 0. The Morgan fingerprint density at radius 3 is 2.76 bits per heavy atom. The standard InChI is InChI=1S/C14H14ClNO/c15-13-7-12(4-3-11(13)8-16)17-14-6-9-1-2-10(14)5-9/h3-4,7,9-10,14H,1-2,5-6H2/t9-,10?,14?/m0/s1. The number of nitriles is 1. The van der Waals surface area contributed by atoms with Crippen molar-refractivity contribution in [2.45, 2.75) is 31.8 Å². The van der Waals surface area contributed by atoms with Crippen molar-refractivity contribution in [2.75, 3.05) is 0 Å². The highest BCUT2D eigenvalue weighted by Crippen LogP contribution is 2.46. The topological polar surface area (TPSA) is 33.0 Å². The van der Waals surface area contributed by atoms with Crippen LogP contribution in [-0.4, -0.2) is 6.10 Å². The van der Waals surface area contributed by atoms with E-state index in [9.17, 15) is 0 Å². The van der Waals surface area contributed by atoms with E-state index >= 15 is 0 Å². The molecule has 2 aliphatic rings. The van der Waals surface area contributed by atoms with Crippen LogP contribution in [0, 0.1) is 23.2 Å². The molecule has 0 radical (unpaired) electrons. The average Bonchev–Trinajstić information content (AvgIpc) is 2.91. The summed E-state index contributed by atoms with van der Waals surface area (Å²) in [5.41, 5.74) is 0.506. The molecule has 0 aliphatic heterocycles. The molecule has 0 aromatic heterocycles. The summed E-state index contributed by atoms with van der Waals surface area (Å²) in [6, 6.07) is 7.38. The third-order valence-corrected chi connectivity index (χ3v) is 4.33. The lowest BCUT2D eigenvalue weighted by atomic mass is 9.98. The maximum Gasteiger partial charge on any atom is 0.121 e. The second-order valence-electron chi connectivity index (χ2n) is 5.08. The first-order chi connectivity index (χ1) is 8.26. The maximum absolute atomic E-state index is 8.80. The molecule has 17 heavy (non-hydrogen) atoms. The summed E-state index contributed by atoms with van der Waals surface area (Å²) in [6.45, 7) is 0. The Labute approximate surface area is 106 Å². The average molecular weight is 248 g/mol. The number of ether oxygens (including phenoxy) is 1. The van der Waals surface area contributed by atoms with Gasteiger partial charge in [0.15, 0.2) is 0 Å². The van der Waals surface area contributed by atoms with E-state index in [1.807, 2.05) is 6.07 Å². The van der Waals surface area contributed by atoms with Gasteiger partial charge in [0.05, 0.1) is 10.6 Å². The van der Waals surface area contributed by atoms with Crippen molar-refractivity contribution in [2.24, 2.45) is 11.8 Å². The number of benzene rings is 1. The van der Waals surface area contributed by atoms with E-state index in [1.165, 1.54) is 25.7 Å². The van der Waals surface area contributed by atoms with Crippen LogP contribution in [0.25, 0.3) is 0 Å². The Balaban J connectivity index is 1.74. The Morgan fingerprint density at radius 1 is 1.29 bits per heavy atom. The zero-order valence-corrected chi connectivity index (χ0v) is 10.3. The smallest absolute Gasteiger partial charge is 0.121 e. The fraction of sp³-hybridized carbons (Fsp3) is 0.500. The third kappa shape index (κ3) is 2.00. The SMILES string of the molecule is N#Cc1ccc(OC2C[C@H]3CCC2C3)cc1Cl. The predicted octanol–water partition coefficient (Wildman–Crippen LogP) is 3.78. The molecular weight excluding hydrogens is 234 g/mol. The molecule has 2 unspecified atom stereocenters. The number of nitrogens with zero attached hydrogens (tertiary/aromatic N) is 1. The van der Waals surface area contributed by atoms with Gasteiger partial charge in [-0.05, 0) is 49.7 Å². The lowest BCUT2D eigenvalue weighted by Gasteiger charge is -2.23. The van der Waals surface area contributed by atoms with Crippen LogP contribution in [0.3, 0.4) is 0 Å². The lowest BCUT2D eigenvalue weighted by Crippen LogP contribution is -2.23. The van der Waals surface area contributed by atoms with Gasteiger partial charge in [0.2, 0.25) is 0 Å². The molecule has 3 atom stereocenters. The molecule has 2 nitrogen and oxygen atoms in total. The van der Waals surface area contributed by atoms with Gasteiger partial charge in [0.25, 0.3) is 0 Å². The van der Waals surface area contributed by atoms with Gasteiger partial charge in [0.1, 0.15) is 17.9 Å². The van der Waals surface area contributed by atoms with E-state index in [4.69, 9.17) is 21.6 Å². The van der Waals surface area contributed by atoms with Gasteiger partial charge in [-0.15, -0.1) is 0 Å². The Kier molecular flexibility index (Phi) is 2.72. The molecular formula is C14H14ClNO. The Morgan fingerprint density at radius 2 is 2.18 bits per heavy atom. The van der Waals surface area contributed by atoms with Crippen molar-refractivity contribution in [3.05, 3.63) is 28.8 Å². The Hall–Kier alpha value is -1.20. The fourth-order valence-electron chi connectivity index (χ4n) is 3.17. The minimum atomic E-state index is 0.359. The van der Waals surface area contributed by atoms with Crippen molar-refractivity contribution in [3.63, 3.8) is 0 Å². The van der Waals surface area contributed by atoms with Gasteiger partial charge in [-0.25, -0.2) is 0 Å². The minimum absolute atomic E-state index is 0.359. The summed E-state index contributed by atoms with van der Waals surface area (Å²) in [5, 5.41) is 9.28. The number of halogens is 1. The zero-order chi connectivity index (χ0) is 11.8. The highest BCUT2D eigenvalue weighted by molar-refractivity contribution is 6.31. The molecule has 3 heteroatoms. The summed E-state index contributed by atoms with van der Waals surface area (Å²) < 4.78 is 6.00. The van der Waals surface area contributed by atoms with E-state index in [0.717, 1.165) is 17.6 Å². The summed E-state index contributed by atoms with van der Waals surface area (Å²) >= 11 is 5.99. The van der Waals surface area contributed by atoms with E-state index < -0.39 is 0 Å². The first kappa shape index (κ1) is 10.9. The second-order valence-corrected chi connectivity index (χ2v) is 5.49. The van der Waals surface area contributed by atoms with Gasteiger partial charge in [-0.1, -0.05) is 11.6 Å². The van der Waals surface area contributed by atoms with Crippen molar-refractivity contribution < 1.29 is 4.74 Å². The van der Waals surface area contributed by atoms with Crippen LogP contribution in [0.1, 0.15) is 31.2 Å². The molecule has 2 bridgehead atoms. The number of fused-ring (bicyclic) bond motifs is 2. The van der Waals surface area contributed by atoms with Crippen LogP contribution < -0.4 is 4.74 Å². The normalized spacial score (nSPS) is 30.2. The molecule has 88 valence electrons.